The van der Waals surface area contributed by atoms with Crippen molar-refractivity contribution in [2.45, 2.75) is 33.2 Å². The van der Waals surface area contributed by atoms with Crippen LogP contribution in [0, 0.1) is 0 Å². The van der Waals surface area contributed by atoms with Crippen LogP contribution < -0.4 is 5.32 Å². The molecule has 0 heterocycles. The molecule has 0 unspecified atom stereocenters. The molecule has 150 valence electrons. The van der Waals surface area contributed by atoms with E-state index in [1.807, 2.05) is 0 Å². The van der Waals surface area contributed by atoms with Gasteiger partial charge in [-0.3, -0.25) is 9.13 Å². The van der Waals surface area contributed by atoms with Gasteiger partial charge in [0.1, 0.15) is 0 Å². The highest BCUT2D eigenvalue weighted by Gasteiger charge is 2.51. The predicted molar refractivity (Wildman–Crippen MR) is 106 cm³/mol. The van der Waals surface area contributed by atoms with E-state index in [2.05, 4.69) is 5.32 Å². The van der Waals surface area contributed by atoms with Crippen LogP contribution in [0.3, 0.4) is 0 Å². The zero-order valence-electron chi connectivity index (χ0n) is 15.2. The lowest BCUT2D eigenvalue weighted by atomic mass is 10.3. The molecule has 0 radical (unpaired) electrons. The number of hydrogen-bond donors (Lipinski definition) is 1. The van der Waals surface area contributed by atoms with E-state index in [1.165, 1.54) is 6.07 Å². The molecule has 11 heteroatoms. The van der Waals surface area contributed by atoms with E-state index in [0.717, 1.165) is 0 Å². The van der Waals surface area contributed by atoms with E-state index in [9.17, 15) is 9.13 Å². The van der Waals surface area contributed by atoms with Crippen LogP contribution in [0.5, 0.6) is 0 Å². The fourth-order valence-corrected chi connectivity index (χ4v) is 7.39. The molecule has 0 bridgehead atoms. The van der Waals surface area contributed by atoms with Crippen LogP contribution >= 0.6 is 38.4 Å². The minimum absolute atomic E-state index is 0.0923. The standard InChI is InChI=1S/C15H25Cl2NO6P2/c1-5-21-25(19,22-6-2)15(26(20,23-7-3)24-8-4)18-12-9-10-13(16)14(17)11-12/h9-11,15,18H,5-8H2,1-4H3. The lowest BCUT2D eigenvalue weighted by molar-refractivity contribution is 0.198. The minimum atomic E-state index is -3.90. The molecule has 0 aliphatic carbocycles. The predicted octanol–water partition coefficient (Wildman–Crippen LogP) is 6.22. The molecule has 1 N–H and O–H groups in total. The number of halogens is 2. The molecule has 1 rings (SSSR count). The topological polar surface area (TPSA) is 83.1 Å². The SMILES string of the molecule is CCOP(=O)(OCC)C(Nc1ccc(Cl)c(Cl)c1)P(=O)(OCC)OCC. The lowest BCUT2D eigenvalue weighted by Crippen LogP contribution is -2.25. The van der Waals surface area contributed by atoms with Crippen molar-refractivity contribution in [3.63, 3.8) is 0 Å². The van der Waals surface area contributed by atoms with Crippen LogP contribution in [0.4, 0.5) is 5.69 Å². The van der Waals surface area contributed by atoms with E-state index in [1.54, 1.807) is 39.8 Å². The number of nitrogens with one attached hydrogen (secondary N) is 1. The first kappa shape index (κ1) is 23.9. The fourth-order valence-electron chi connectivity index (χ4n) is 2.14. The van der Waals surface area contributed by atoms with E-state index in [-0.39, 0.29) is 31.5 Å². The fraction of sp³-hybridized carbons (Fsp3) is 0.600. The highest BCUT2D eigenvalue weighted by Crippen LogP contribution is 2.70. The summed E-state index contributed by atoms with van der Waals surface area (Å²) in [6, 6.07) is 4.68. The van der Waals surface area contributed by atoms with E-state index >= 15 is 0 Å². The van der Waals surface area contributed by atoms with Crippen molar-refractivity contribution in [2.75, 3.05) is 31.7 Å². The summed E-state index contributed by atoms with van der Waals surface area (Å²) in [5.74, 6) is 0. The van der Waals surface area contributed by atoms with Gasteiger partial charge < -0.3 is 23.4 Å². The zero-order valence-corrected chi connectivity index (χ0v) is 18.5. The average molecular weight is 448 g/mol. The Morgan fingerprint density at radius 1 is 0.846 bits per heavy atom. The summed E-state index contributed by atoms with van der Waals surface area (Å²) in [5, 5.41) is 3.53. The van der Waals surface area contributed by atoms with E-state index in [4.69, 9.17) is 41.3 Å². The zero-order chi connectivity index (χ0) is 19.8. The van der Waals surface area contributed by atoms with Crippen LogP contribution in [-0.2, 0) is 27.2 Å². The van der Waals surface area contributed by atoms with Gasteiger partial charge in [-0.1, -0.05) is 23.2 Å². The summed E-state index contributed by atoms with van der Waals surface area (Å²) in [5.41, 5.74) is -0.948. The van der Waals surface area contributed by atoms with Gasteiger partial charge in [-0.05, 0) is 45.9 Å². The molecular weight excluding hydrogens is 423 g/mol. The van der Waals surface area contributed by atoms with Crippen molar-refractivity contribution in [3.8, 4) is 0 Å². The van der Waals surface area contributed by atoms with Crippen LogP contribution in [0.15, 0.2) is 18.2 Å². The first-order valence-electron chi connectivity index (χ1n) is 8.25. The molecule has 0 aliphatic rings. The van der Waals surface area contributed by atoms with Crippen molar-refractivity contribution < 1.29 is 27.2 Å². The molecule has 0 spiro atoms. The normalized spacial score (nSPS) is 12.6. The number of anilines is 1. The highest BCUT2D eigenvalue weighted by atomic mass is 35.5. The summed E-state index contributed by atoms with van der Waals surface area (Å²) in [6.45, 7) is 7.01. The molecule has 0 fully saturated rings. The minimum Gasteiger partial charge on any atom is -0.362 e. The summed E-state index contributed by atoms with van der Waals surface area (Å²) in [6.07, 6.45) is 0. The van der Waals surface area contributed by atoms with Gasteiger partial charge in [-0.15, -0.1) is 0 Å². The smallest absolute Gasteiger partial charge is 0.362 e. The van der Waals surface area contributed by atoms with Crippen molar-refractivity contribution in [1.82, 2.24) is 0 Å². The van der Waals surface area contributed by atoms with Gasteiger partial charge in [0.15, 0.2) is 0 Å². The highest BCUT2D eigenvalue weighted by molar-refractivity contribution is 7.72. The van der Waals surface area contributed by atoms with Gasteiger partial charge in [0.2, 0.25) is 5.52 Å². The third-order valence-corrected chi connectivity index (χ3v) is 9.42. The van der Waals surface area contributed by atoms with Crippen LogP contribution in [0.25, 0.3) is 0 Å². The Labute approximate surface area is 164 Å². The van der Waals surface area contributed by atoms with Gasteiger partial charge in [0, 0.05) is 5.69 Å². The Morgan fingerprint density at radius 3 is 1.62 bits per heavy atom. The second-order valence-electron chi connectivity index (χ2n) is 4.90. The van der Waals surface area contributed by atoms with Crippen LogP contribution in [0.1, 0.15) is 27.7 Å². The van der Waals surface area contributed by atoms with Crippen molar-refractivity contribution in [2.24, 2.45) is 0 Å². The molecule has 0 atom stereocenters. The summed E-state index contributed by atoms with van der Waals surface area (Å²) in [4.78, 5) is 0. The third kappa shape index (κ3) is 6.22. The Bertz CT molecular complexity index is 626. The summed E-state index contributed by atoms with van der Waals surface area (Å²) in [7, 11) is -7.81. The Hall–Kier alpha value is -0.100. The average Bonchev–Trinajstić information content (AvgIpc) is 2.56. The molecule has 1 aromatic carbocycles. The second-order valence-corrected chi connectivity index (χ2v) is 10.3. The summed E-state index contributed by atoms with van der Waals surface area (Å²) >= 11 is 12.0. The first-order valence-corrected chi connectivity index (χ1v) is 12.2. The maximum absolute atomic E-state index is 13.4. The molecular formula is C15H25Cl2NO6P2. The Kier molecular flexibility index (Phi) is 10.2. The van der Waals surface area contributed by atoms with Crippen LogP contribution in [0.2, 0.25) is 10.0 Å². The van der Waals surface area contributed by atoms with Crippen LogP contribution in [-0.4, -0.2) is 32.0 Å². The van der Waals surface area contributed by atoms with E-state index < -0.39 is 20.7 Å². The van der Waals surface area contributed by atoms with E-state index in [0.29, 0.717) is 10.7 Å². The molecule has 0 saturated heterocycles. The Morgan fingerprint density at radius 2 is 1.27 bits per heavy atom. The molecule has 26 heavy (non-hydrogen) atoms. The molecule has 0 amide bonds. The molecule has 0 aromatic heterocycles. The van der Waals surface area contributed by atoms with Crippen molar-refractivity contribution in [3.05, 3.63) is 28.2 Å². The maximum Gasteiger partial charge on any atom is 0.365 e. The van der Waals surface area contributed by atoms with Crippen molar-refractivity contribution >= 4 is 44.1 Å². The van der Waals surface area contributed by atoms with Gasteiger partial charge in [-0.25, -0.2) is 0 Å². The molecule has 1 aromatic rings. The largest absolute Gasteiger partial charge is 0.365 e. The molecule has 7 nitrogen and oxygen atoms in total. The number of rotatable bonds is 12. The van der Waals surface area contributed by atoms with Gasteiger partial charge >= 0.3 is 15.2 Å². The maximum atomic E-state index is 13.4. The number of hydrogen-bond acceptors (Lipinski definition) is 7. The third-order valence-electron chi connectivity index (χ3n) is 3.05. The second kappa shape index (κ2) is 11.0. The molecule has 0 saturated carbocycles. The van der Waals surface area contributed by atoms with Gasteiger partial charge in [-0.2, -0.15) is 0 Å². The molecule has 0 aliphatic heterocycles. The quantitative estimate of drug-likeness (QED) is 0.380. The number of benzene rings is 1. The van der Waals surface area contributed by atoms with Gasteiger partial charge in [0.25, 0.3) is 0 Å². The Balaban J connectivity index is 3.41. The monoisotopic (exact) mass is 447 g/mol. The summed E-state index contributed by atoms with van der Waals surface area (Å²) < 4.78 is 48.2. The first-order chi connectivity index (χ1) is 12.3. The van der Waals surface area contributed by atoms with Gasteiger partial charge in [0.05, 0.1) is 36.5 Å². The van der Waals surface area contributed by atoms with Crippen molar-refractivity contribution in [1.29, 1.82) is 0 Å². The lowest BCUT2D eigenvalue weighted by Gasteiger charge is -2.32.